The molecule has 0 aliphatic rings. The van der Waals surface area contributed by atoms with Gasteiger partial charge in [-0.25, -0.2) is 0 Å². The van der Waals surface area contributed by atoms with Crippen LogP contribution in [0.5, 0.6) is 0 Å². The molecule has 0 aromatic heterocycles. The molecule has 0 saturated heterocycles. The Kier molecular flexibility index (Phi) is 13.7. The lowest BCUT2D eigenvalue weighted by Gasteiger charge is -2.23. The summed E-state index contributed by atoms with van der Waals surface area (Å²) in [5.41, 5.74) is 1.05. The van der Waals surface area contributed by atoms with E-state index in [4.69, 9.17) is 23.7 Å². The van der Waals surface area contributed by atoms with E-state index in [2.05, 4.69) is 13.2 Å². The van der Waals surface area contributed by atoms with Gasteiger partial charge in [0.05, 0.1) is 38.4 Å². The lowest BCUT2D eigenvalue weighted by atomic mass is 10.0. The van der Waals surface area contributed by atoms with Gasteiger partial charge in [0, 0.05) is 19.4 Å². The Morgan fingerprint density at radius 2 is 1.80 bits per heavy atom. The Balaban J connectivity index is 2.44. The molecule has 0 saturated carbocycles. The van der Waals surface area contributed by atoms with Crippen LogP contribution in [0.3, 0.4) is 0 Å². The van der Waals surface area contributed by atoms with Crippen molar-refractivity contribution in [2.75, 3.05) is 27.1 Å². The molecule has 168 valence electrons. The van der Waals surface area contributed by atoms with Crippen molar-refractivity contribution < 1.29 is 28.5 Å². The molecule has 6 nitrogen and oxygen atoms in total. The number of methoxy groups -OCH3 is 1. The van der Waals surface area contributed by atoms with Crippen LogP contribution in [0.2, 0.25) is 0 Å². The fraction of sp³-hybridized carbons (Fsp3) is 0.542. The highest BCUT2D eigenvalue weighted by Gasteiger charge is 2.22. The van der Waals surface area contributed by atoms with Crippen molar-refractivity contribution in [1.29, 1.82) is 0 Å². The van der Waals surface area contributed by atoms with Crippen molar-refractivity contribution in [3.8, 4) is 0 Å². The minimum absolute atomic E-state index is 0.0186. The van der Waals surface area contributed by atoms with E-state index in [0.717, 1.165) is 5.56 Å². The van der Waals surface area contributed by atoms with Crippen LogP contribution < -0.4 is 0 Å². The summed E-state index contributed by atoms with van der Waals surface area (Å²) in [5.74, 6) is -0.293. The largest absolute Gasteiger partial charge is 0.462 e. The molecule has 0 spiro atoms. The third-order valence-corrected chi connectivity index (χ3v) is 4.59. The van der Waals surface area contributed by atoms with Crippen LogP contribution >= 0.6 is 0 Å². The monoisotopic (exact) mass is 420 g/mol. The van der Waals surface area contributed by atoms with Crippen LogP contribution in [0.1, 0.15) is 32.3 Å². The van der Waals surface area contributed by atoms with E-state index in [1.807, 2.05) is 44.2 Å². The first-order chi connectivity index (χ1) is 14.5. The van der Waals surface area contributed by atoms with E-state index in [1.165, 1.54) is 0 Å². The Morgan fingerprint density at radius 1 is 1.07 bits per heavy atom. The van der Waals surface area contributed by atoms with Crippen LogP contribution in [-0.2, 0) is 35.1 Å². The fourth-order valence-electron chi connectivity index (χ4n) is 2.71. The molecule has 0 fully saturated rings. The van der Waals surface area contributed by atoms with E-state index >= 15 is 0 Å². The first-order valence-corrected chi connectivity index (χ1v) is 10.3. The normalized spacial score (nSPS) is 15.0. The molecule has 0 N–H and O–H groups in total. The number of benzene rings is 1. The molecule has 0 radical (unpaired) electrons. The second-order valence-electron chi connectivity index (χ2n) is 7.13. The summed E-state index contributed by atoms with van der Waals surface area (Å²) < 4.78 is 27.3. The zero-order valence-corrected chi connectivity index (χ0v) is 18.5. The Bertz CT molecular complexity index is 603. The highest BCUT2D eigenvalue weighted by molar-refractivity contribution is 5.70. The molecule has 4 atom stereocenters. The van der Waals surface area contributed by atoms with Crippen LogP contribution in [0.15, 0.2) is 55.6 Å². The van der Waals surface area contributed by atoms with Gasteiger partial charge < -0.3 is 23.7 Å². The maximum atomic E-state index is 12.5. The van der Waals surface area contributed by atoms with Gasteiger partial charge in [0.25, 0.3) is 0 Å². The SMILES string of the molecule is C=C[C@H](C[C@@H](C)OC(=O)C[C@H](OCc1ccccc1)[C@@H](C)C=C)OCOCCOC. The van der Waals surface area contributed by atoms with Gasteiger partial charge in [-0.15, -0.1) is 13.2 Å². The topological polar surface area (TPSA) is 63.2 Å². The summed E-state index contributed by atoms with van der Waals surface area (Å²) in [6, 6.07) is 9.86. The van der Waals surface area contributed by atoms with E-state index in [-0.39, 0.29) is 43.4 Å². The molecule has 0 amide bonds. The Hall–Kier alpha value is -1.99. The number of carbonyl (C=O) groups excluding carboxylic acids is 1. The Labute approximate surface area is 180 Å². The number of hydrogen-bond donors (Lipinski definition) is 0. The molecule has 0 unspecified atom stereocenters. The van der Waals surface area contributed by atoms with Gasteiger partial charge in [0.2, 0.25) is 0 Å². The number of ether oxygens (including phenoxy) is 5. The fourth-order valence-corrected chi connectivity index (χ4v) is 2.71. The zero-order valence-electron chi connectivity index (χ0n) is 18.5. The second kappa shape index (κ2) is 15.8. The maximum absolute atomic E-state index is 12.5. The molecule has 0 aliphatic heterocycles. The van der Waals surface area contributed by atoms with Gasteiger partial charge in [0.15, 0.2) is 0 Å². The smallest absolute Gasteiger partial charge is 0.308 e. The van der Waals surface area contributed by atoms with Crippen LogP contribution in [0.25, 0.3) is 0 Å². The van der Waals surface area contributed by atoms with E-state index in [0.29, 0.717) is 26.2 Å². The minimum Gasteiger partial charge on any atom is -0.462 e. The third-order valence-electron chi connectivity index (χ3n) is 4.59. The molecular weight excluding hydrogens is 384 g/mol. The first kappa shape index (κ1) is 26.0. The van der Waals surface area contributed by atoms with Gasteiger partial charge in [-0.2, -0.15) is 0 Å². The molecule has 0 bridgehead atoms. The lowest BCUT2D eigenvalue weighted by Crippen LogP contribution is -2.28. The van der Waals surface area contributed by atoms with Crippen molar-refractivity contribution in [3.63, 3.8) is 0 Å². The second-order valence-corrected chi connectivity index (χ2v) is 7.13. The highest BCUT2D eigenvalue weighted by Crippen LogP contribution is 2.17. The predicted molar refractivity (Wildman–Crippen MR) is 117 cm³/mol. The van der Waals surface area contributed by atoms with Gasteiger partial charge in [-0.3, -0.25) is 4.79 Å². The first-order valence-electron chi connectivity index (χ1n) is 10.3. The summed E-state index contributed by atoms with van der Waals surface area (Å²) in [7, 11) is 1.61. The number of esters is 1. The van der Waals surface area contributed by atoms with E-state index in [1.54, 1.807) is 19.3 Å². The number of rotatable bonds is 17. The summed E-state index contributed by atoms with van der Waals surface area (Å²) in [4.78, 5) is 12.5. The average Bonchev–Trinajstić information content (AvgIpc) is 2.75. The highest BCUT2D eigenvalue weighted by atomic mass is 16.7. The quantitative estimate of drug-likeness (QED) is 0.162. The summed E-state index contributed by atoms with van der Waals surface area (Å²) in [5, 5.41) is 0. The molecular formula is C24H36O6. The van der Waals surface area contributed by atoms with Crippen LogP contribution in [0.4, 0.5) is 0 Å². The van der Waals surface area contributed by atoms with Crippen molar-refractivity contribution in [2.45, 2.75) is 51.6 Å². The molecule has 0 heterocycles. The van der Waals surface area contributed by atoms with Gasteiger partial charge >= 0.3 is 5.97 Å². The van der Waals surface area contributed by atoms with Gasteiger partial charge in [-0.05, 0) is 12.5 Å². The molecule has 1 rings (SSSR count). The minimum atomic E-state index is -0.326. The van der Waals surface area contributed by atoms with Gasteiger partial charge in [-0.1, -0.05) is 49.4 Å². The molecule has 1 aromatic carbocycles. The van der Waals surface area contributed by atoms with Crippen molar-refractivity contribution in [3.05, 3.63) is 61.2 Å². The third kappa shape index (κ3) is 11.3. The molecule has 6 heteroatoms. The molecule has 0 aliphatic carbocycles. The number of hydrogen-bond acceptors (Lipinski definition) is 6. The lowest BCUT2D eigenvalue weighted by molar-refractivity contribution is -0.155. The zero-order chi connectivity index (χ0) is 22.2. The van der Waals surface area contributed by atoms with E-state index in [9.17, 15) is 4.79 Å². The number of carbonyl (C=O) groups is 1. The van der Waals surface area contributed by atoms with Crippen LogP contribution in [0, 0.1) is 5.92 Å². The van der Waals surface area contributed by atoms with Crippen LogP contribution in [-0.4, -0.2) is 51.4 Å². The van der Waals surface area contributed by atoms with E-state index < -0.39 is 0 Å². The summed E-state index contributed by atoms with van der Waals surface area (Å²) in [6.07, 6.45) is 3.22. The maximum Gasteiger partial charge on any atom is 0.308 e. The summed E-state index contributed by atoms with van der Waals surface area (Å²) in [6.45, 7) is 12.9. The summed E-state index contributed by atoms with van der Waals surface area (Å²) >= 11 is 0. The standard InChI is InChI=1S/C24H36O6/c1-6-19(3)23(28-17-21-11-9-8-10-12-21)16-24(25)30-20(4)15-22(7-2)29-18-27-14-13-26-5/h6-12,19-20,22-23H,1-2,13-18H2,3-5H3/t19-,20+,22+,23-/m0/s1. The van der Waals surface area contributed by atoms with Crippen molar-refractivity contribution in [1.82, 2.24) is 0 Å². The van der Waals surface area contributed by atoms with Crippen molar-refractivity contribution >= 4 is 5.97 Å². The van der Waals surface area contributed by atoms with Gasteiger partial charge in [0.1, 0.15) is 12.9 Å². The average molecular weight is 421 g/mol. The predicted octanol–water partition coefficient (Wildman–Crippen LogP) is 4.30. The Morgan fingerprint density at radius 3 is 2.43 bits per heavy atom. The van der Waals surface area contributed by atoms with Crippen molar-refractivity contribution in [2.24, 2.45) is 5.92 Å². The molecule has 1 aromatic rings. The molecule has 30 heavy (non-hydrogen) atoms.